The zero-order valence-corrected chi connectivity index (χ0v) is 16.5. The molecule has 2 heterocycles. The first kappa shape index (κ1) is 18.9. The number of pyridine rings is 1. The number of hydrogen-bond donors (Lipinski definition) is 2. The smallest absolute Gasteiger partial charge is 0.341 e. The van der Waals surface area contributed by atoms with E-state index in [-0.39, 0.29) is 22.6 Å². The van der Waals surface area contributed by atoms with Crippen molar-refractivity contribution in [3.05, 3.63) is 39.4 Å². The molecule has 1 saturated carbocycles. The molecule has 4 rings (SSSR count). The summed E-state index contributed by atoms with van der Waals surface area (Å²) in [6.07, 6.45) is 4.29. The van der Waals surface area contributed by atoms with Crippen LogP contribution in [0.4, 0.5) is 10.1 Å². The standard InChI is InChI=1S/C21H26FN3O3/c1-11-18-16(25(14-4-5-14)10-15(20(18)26)21(27)28)8-17(19(11)22)24-7-6-13(9-24)12(2)23-3/h8,10,12-14,23H,4-7,9H2,1-3H3,(H,27,28)/t12-,13+/m0/s1. The minimum Gasteiger partial charge on any atom is -0.477 e. The van der Waals surface area contributed by atoms with Gasteiger partial charge in [-0.3, -0.25) is 4.79 Å². The lowest BCUT2D eigenvalue weighted by molar-refractivity contribution is 0.0695. The first-order valence-corrected chi connectivity index (χ1v) is 9.87. The van der Waals surface area contributed by atoms with E-state index in [2.05, 4.69) is 12.2 Å². The summed E-state index contributed by atoms with van der Waals surface area (Å²) < 4.78 is 17.2. The third-order valence-electron chi connectivity index (χ3n) is 6.38. The van der Waals surface area contributed by atoms with E-state index in [1.807, 2.05) is 16.5 Å². The molecule has 0 bridgehead atoms. The Morgan fingerprint density at radius 1 is 1.36 bits per heavy atom. The normalized spacial score (nSPS) is 20.7. The SMILES string of the molecule is CN[C@@H](C)[C@@H]1CCN(c2cc3c(c(C)c2F)c(=O)c(C(=O)O)cn3C2CC2)C1. The van der Waals surface area contributed by atoms with Crippen LogP contribution < -0.4 is 15.6 Å². The number of aromatic carboxylic acids is 1. The highest BCUT2D eigenvalue weighted by molar-refractivity contribution is 5.95. The van der Waals surface area contributed by atoms with Crippen molar-refractivity contribution in [2.75, 3.05) is 25.0 Å². The van der Waals surface area contributed by atoms with E-state index in [0.717, 1.165) is 32.4 Å². The molecule has 1 aliphatic heterocycles. The second kappa shape index (κ2) is 6.88. The Balaban J connectivity index is 1.88. The van der Waals surface area contributed by atoms with Gasteiger partial charge in [-0.2, -0.15) is 0 Å². The summed E-state index contributed by atoms with van der Waals surface area (Å²) in [6, 6.07) is 2.27. The van der Waals surface area contributed by atoms with Crippen LogP contribution in [0, 0.1) is 18.7 Å². The van der Waals surface area contributed by atoms with Crippen molar-refractivity contribution in [1.82, 2.24) is 9.88 Å². The molecule has 0 unspecified atom stereocenters. The molecular weight excluding hydrogens is 361 g/mol. The molecule has 0 spiro atoms. The summed E-state index contributed by atoms with van der Waals surface area (Å²) >= 11 is 0. The summed E-state index contributed by atoms with van der Waals surface area (Å²) in [4.78, 5) is 26.4. The van der Waals surface area contributed by atoms with Gasteiger partial charge in [0.05, 0.1) is 16.6 Å². The summed E-state index contributed by atoms with van der Waals surface area (Å²) in [5.74, 6) is -1.26. The van der Waals surface area contributed by atoms with Gasteiger partial charge in [-0.05, 0) is 52.1 Å². The van der Waals surface area contributed by atoms with Crippen LogP contribution in [0.15, 0.2) is 17.1 Å². The lowest BCUT2D eigenvalue weighted by atomic mass is 10.0. The third-order valence-corrected chi connectivity index (χ3v) is 6.38. The number of rotatable bonds is 5. The molecule has 2 atom stereocenters. The van der Waals surface area contributed by atoms with E-state index in [1.54, 1.807) is 13.0 Å². The summed E-state index contributed by atoms with van der Waals surface area (Å²) in [5, 5.41) is 12.9. The van der Waals surface area contributed by atoms with Crippen LogP contribution in [0.2, 0.25) is 0 Å². The number of carbonyl (C=O) groups is 1. The van der Waals surface area contributed by atoms with Gasteiger partial charge in [-0.15, -0.1) is 0 Å². The van der Waals surface area contributed by atoms with Gasteiger partial charge in [0.25, 0.3) is 0 Å². The number of aromatic nitrogens is 1. The van der Waals surface area contributed by atoms with E-state index >= 15 is 4.39 Å². The van der Waals surface area contributed by atoms with Gasteiger partial charge < -0.3 is 19.9 Å². The monoisotopic (exact) mass is 387 g/mol. The predicted octanol–water partition coefficient (Wildman–Crippen LogP) is 2.92. The quantitative estimate of drug-likeness (QED) is 0.825. The molecular formula is C21H26FN3O3. The molecule has 1 aromatic carbocycles. The largest absolute Gasteiger partial charge is 0.477 e. The van der Waals surface area contributed by atoms with Crippen molar-refractivity contribution in [3.8, 4) is 0 Å². The van der Waals surface area contributed by atoms with E-state index in [4.69, 9.17) is 0 Å². The van der Waals surface area contributed by atoms with Gasteiger partial charge >= 0.3 is 5.97 Å². The van der Waals surface area contributed by atoms with E-state index in [9.17, 15) is 14.7 Å². The van der Waals surface area contributed by atoms with Gasteiger partial charge in [0.2, 0.25) is 5.43 Å². The van der Waals surface area contributed by atoms with Gasteiger partial charge in [0.15, 0.2) is 0 Å². The van der Waals surface area contributed by atoms with Crippen molar-refractivity contribution in [3.63, 3.8) is 0 Å². The average molecular weight is 387 g/mol. The average Bonchev–Trinajstić information content (AvgIpc) is 3.39. The van der Waals surface area contributed by atoms with Gasteiger partial charge in [-0.25, -0.2) is 9.18 Å². The third kappa shape index (κ3) is 2.98. The number of carboxylic acid groups (broad SMARTS) is 1. The van der Waals surface area contributed by atoms with Gasteiger partial charge in [-0.1, -0.05) is 0 Å². The van der Waals surface area contributed by atoms with Crippen LogP contribution in [0.3, 0.4) is 0 Å². The molecule has 1 aromatic heterocycles. The van der Waals surface area contributed by atoms with Crippen LogP contribution in [-0.4, -0.2) is 41.8 Å². The number of benzene rings is 1. The lowest BCUT2D eigenvalue weighted by Gasteiger charge is -2.24. The highest BCUT2D eigenvalue weighted by Crippen LogP contribution is 2.39. The molecule has 1 saturated heterocycles. The Bertz CT molecular complexity index is 1010. The molecule has 0 amide bonds. The van der Waals surface area contributed by atoms with Crippen LogP contribution in [0.25, 0.3) is 10.9 Å². The molecule has 2 aromatic rings. The Morgan fingerprint density at radius 2 is 2.07 bits per heavy atom. The minimum absolute atomic E-state index is 0.176. The van der Waals surface area contributed by atoms with Crippen molar-refractivity contribution in [2.45, 2.75) is 45.2 Å². The minimum atomic E-state index is -1.27. The number of carboxylic acids is 1. The Labute approximate surface area is 163 Å². The maximum Gasteiger partial charge on any atom is 0.341 e. The molecule has 0 radical (unpaired) electrons. The number of hydrogen-bond acceptors (Lipinski definition) is 4. The molecule has 7 heteroatoms. The van der Waals surface area contributed by atoms with Crippen molar-refractivity contribution >= 4 is 22.6 Å². The van der Waals surface area contributed by atoms with Crippen LogP contribution >= 0.6 is 0 Å². The van der Waals surface area contributed by atoms with Gasteiger partial charge in [0.1, 0.15) is 11.4 Å². The van der Waals surface area contributed by atoms with Gasteiger partial charge in [0, 0.05) is 36.9 Å². The van der Waals surface area contributed by atoms with Crippen LogP contribution in [0.1, 0.15) is 48.1 Å². The Morgan fingerprint density at radius 3 is 2.68 bits per heavy atom. The fourth-order valence-electron chi connectivity index (χ4n) is 4.34. The zero-order chi connectivity index (χ0) is 20.2. The maximum absolute atomic E-state index is 15.3. The van der Waals surface area contributed by atoms with Crippen molar-refractivity contribution < 1.29 is 14.3 Å². The first-order chi connectivity index (χ1) is 13.3. The molecule has 2 aliphatic rings. The predicted molar refractivity (Wildman–Crippen MR) is 107 cm³/mol. The van der Waals surface area contributed by atoms with Crippen LogP contribution in [0.5, 0.6) is 0 Å². The topological polar surface area (TPSA) is 74.6 Å². The summed E-state index contributed by atoms with van der Waals surface area (Å²) in [6.45, 7) is 5.23. The number of fused-ring (bicyclic) bond motifs is 1. The Kier molecular flexibility index (Phi) is 4.65. The lowest BCUT2D eigenvalue weighted by Crippen LogP contribution is -2.33. The summed E-state index contributed by atoms with van der Waals surface area (Å²) in [7, 11) is 1.93. The Hall–Kier alpha value is -2.41. The molecule has 150 valence electrons. The van der Waals surface area contributed by atoms with Crippen molar-refractivity contribution in [2.24, 2.45) is 5.92 Å². The van der Waals surface area contributed by atoms with E-state index in [1.165, 1.54) is 6.20 Å². The van der Waals surface area contributed by atoms with E-state index in [0.29, 0.717) is 23.2 Å². The van der Waals surface area contributed by atoms with Crippen molar-refractivity contribution in [1.29, 1.82) is 0 Å². The second-order valence-electron chi connectivity index (χ2n) is 8.12. The second-order valence-corrected chi connectivity index (χ2v) is 8.12. The molecule has 2 fully saturated rings. The fourth-order valence-corrected chi connectivity index (χ4v) is 4.34. The number of nitrogens with one attached hydrogen (secondary N) is 1. The number of halogens is 1. The number of nitrogens with zero attached hydrogens (tertiary/aromatic N) is 2. The molecule has 6 nitrogen and oxygen atoms in total. The number of anilines is 1. The highest BCUT2D eigenvalue weighted by Gasteiger charge is 2.31. The molecule has 2 N–H and O–H groups in total. The summed E-state index contributed by atoms with van der Waals surface area (Å²) in [5.41, 5.74) is 0.480. The highest BCUT2D eigenvalue weighted by atomic mass is 19.1. The van der Waals surface area contributed by atoms with E-state index < -0.39 is 17.2 Å². The molecule has 1 aliphatic carbocycles. The maximum atomic E-state index is 15.3. The molecule has 28 heavy (non-hydrogen) atoms. The van der Waals surface area contributed by atoms with Crippen LogP contribution in [-0.2, 0) is 0 Å². The zero-order valence-electron chi connectivity index (χ0n) is 16.5. The number of aryl methyl sites for hydroxylation is 1. The first-order valence-electron chi connectivity index (χ1n) is 9.87. The fraction of sp³-hybridized carbons (Fsp3) is 0.524.